The van der Waals surface area contributed by atoms with Crippen LogP contribution in [-0.4, -0.2) is 5.91 Å². The molecule has 0 aliphatic heterocycles. The predicted octanol–water partition coefficient (Wildman–Crippen LogP) is 3.15. The topological polar surface area (TPSA) is 55.1 Å². The van der Waals surface area contributed by atoms with E-state index in [4.69, 9.17) is 5.73 Å². The van der Waals surface area contributed by atoms with Crippen LogP contribution in [0.15, 0.2) is 36.4 Å². The molecule has 0 saturated heterocycles. The molecule has 2 aromatic carbocycles. The lowest BCUT2D eigenvalue weighted by molar-refractivity contribution is 0.100. The van der Waals surface area contributed by atoms with E-state index in [1.54, 1.807) is 0 Å². The molecule has 0 heterocycles. The minimum absolute atomic E-state index is 0.280. The molecule has 0 radical (unpaired) electrons. The van der Waals surface area contributed by atoms with Crippen LogP contribution in [0.25, 0.3) is 0 Å². The van der Waals surface area contributed by atoms with Gasteiger partial charge in [0.15, 0.2) is 0 Å². The van der Waals surface area contributed by atoms with Crippen molar-refractivity contribution in [1.29, 1.82) is 0 Å². The van der Waals surface area contributed by atoms with E-state index in [0.717, 1.165) is 5.56 Å². The molecule has 0 aromatic heterocycles. The first-order valence-electron chi connectivity index (χ1n) is 6.37. The van der Waals surface area contributed by atoms with Gasteiger partial charge >= 0.3 is 0 Å². The standard InChI is InChI=1S/C16H17FN2O/c1-10-4-3-5-13(11(10)2)9-19-15-8-12(16(18)20)6-7-14(15)17/h3-8,19H,9H2,1-2H3,(H2,18,20). The first-order valence-corrected chi connectivity index (χ1v) is 6.37. The molecule has 1 amide bonds. The average molecular weight is 272 g/mol. The number of hydrogen-bond acceptors (Lipinski definition) is 2. The van der Waals surface area contributed by atoms with E-state index in [0.29, 0.717) is 6.54 Å². The van der Waals surface area contributed by atoms with Crippen molar-refractivity contribution in [3.8, 4) is 0 Å². The fourth-order valence-corrected chi connectivity index (χ4v) is 2.01. The SMILES string of the molecule is Cc1cccc(CNc2cc(C(N)=O)ccc2F)c1C. The van der Waals surface area contributed by atoms with Crippen LogP contribution in [0.3, 0.4) is 0 Å². The first kappa shape index (κ1) is 14.1. The molecule has 2 aromatic rings. The van der Waals surface area contributed by atoms with Crippen molar-refractivity contribution in [2.24, 2.45) is 5.73 Å². The number of halogens is 1. The summed E-state index contributed by atoms with van der Waals surface area (Å²) in [6.45, 7) is 4.56. The number of amides is 1. The van der Waals surface area contributed by atoms with Gasteiger partial charge in [-0.05, 0) is 48.7 Å². The summed E-state index contributed by atoms with van der Waals surface area (Å²) in [6, 6.07) is 10.0. The molecule has 20 heavy (non-hydrogen) atoms. The van der Waals surface area contributed by atoms with Crippen LogP contribution < -0.4 is 11.1 Å². The average Bonchev–Trinajstić information content (AvgIpc) is 2.41. The van der Waals surface area contributed by atoms with Gasteiger partial charge in [0.1, 0.15) is 5.82 Å². The maximum Gasteiger partial charge on any atom is 0.248 e. The molecule has 0 fully saturated rings. The highest BCUT2D eigenvalue weighted by Crippen LogP contribution is 2.19. The number of anilines is 1. The van der Waals surface area contributed by atoms with Gasteiger partial charge in [0.05, 0.1) is 5.69 Å². The Morgan fingerprint density at radius 1 is 1.25 bits per heavy atom. The summed E-state index contributed by atoms with van der Waals surface area (Å²) in [4.78, 5) is 11.1. The monoisotopic (exact) mass is 272 g/mol. The van der Waals surface area contributed by atoms with Crippen LogP contribution in [0.2, 0.25) is 0 Å². The van der Waals surface area contributed by atoms with Gasteiger partial charge in [-0.15, -0.1) is 0 Å². The van der Waals surface area contributed by atoms with Gasteiger partial charge < -0.3 is 11.1 Å². The van der Waals surface area contributed by atoms with Crippen molar-refractivity contribution in [3.05, 3.63) is 64.5 Å². The molecule has 0 saturated carbocycles. The van der Waals surface area contributed by atoms with E-state index < -0.39 is 11.7 Å². The Balaban J connectivity index is 2.20. The highest BCUT2D eigenvalue weighted by molar-refractivity contribution is 5.93. The molecule has 3 N–H and O–H groups in total. The van der Waals surface area contributed by atoms with Crippen molar-refractivity contribution in [2.75, 3.05) is 5.32 Å². The van der Waals surface area contributed by atoms with Crippen molar-refractivity contribution >= 4 is 11.6 Å². The maximum absolute atomic E-state index is 13.7. The zero-order valence-corrected chi connectivity index (χ0v) is 11.5. The Bertz CT molecular complexity index is 653. The van der Waals surface area contributed by atoms with E-state index in [-0.39, 0.29) is 11.3 Å². The number of carbonyl (C=O) groups excluding carboxylic acids is 1. The Kier molecular flexibility index (Phi) is 4.03. The minimum atomic E-state index is -0.570. The van der Waals surface area contributed by atoms with Crippen molar-refractivity contribution < 1.29 is 9.18 Å². The van der Waals surface area contributed by atoms with Crippen LogP contribution in [0.5, 0.6) is 0 Å². The van der Waals surface area contributed by atoms with Crippen LogP contribution in [0.1, 0.15) is 27.0 Å². The molecule has 0 bridgehead atoms. The highest BCUT2D eigenvalue weighted by Gasteiger charge is 2.08. The molecule has 2 rings (SSSR count). The van der Waals surface area contributed by atoms with E-state index in [1.807, 2.05) is 32.0 Å². The summed E-state index contributed by atoms with van der Waals surface area (Å²) < 4.78 is 13.7. The molecule has 0 aliphatic carbocycles. The van der Waals surface area contributed by atoms with Crippen LogP contribution >= 0.6 is 0 Å². The van der Waals surface area contributed by atoms with Gasteiger partial charge in [-0.2, -0.15) is 0 Å². The Morgan fingerprint density at radius 3 is 2.70 bits per heavy atom. The predicted molar refractivity (Wildman–Crippen MR) is 78.2 cm³/mol. The molecule has 0 aliphatic rings. The quantitative estimate of drug-likeness (QED) is 0.898. The summed E-state index contributed by atoms with van der Waals surface area (Å²) in [6.07, 6.45) is 0. The molecule has 0 atom stereocenters. The molecule has 0 spiro atoms. The second-order valence-corrected chi connectivity index (χ2v) is 4.77. The molecular formula is C16H17FN2O. The zero-order valence-electron chi connectivity index (χ0n) is 11.5. The van der Waals surface area contributed by atoms with Crippen LogP contribution in [0.4, 0.5) is 10.1 Å². The van der Waals surface area contributed by atoms with Gasteiger partial charge in [-0.25, -0.2) is 4.39 Å². The Morgan fingerprint density at radius 2 is 2.00 bits per heavy atom. The van der Waals surface area contributed by atoms with Crippen molar-refractivity contribution in [1.82, 2.24) is 0 Å². The number of nitrogens with one attached hydrogen (secondary N) is 1. The molecule has 104 valence electrons. The third-order valence-electron chi connectivity index (χ3n) is 3.44. The number of hydrogen-bond donors (Lipinski definition) is 2. The van der Waals surface area contributed by atoms with Crippen molar-refractivity contribution in [2.45, 2.75) is 20.4 Å². The summed E-state index contributed by atoms with van der Waals surface area (Å²) in [7, 11) is 0. The van der Waals surface area contributed by atoms with Gasteiger partial charge in [0.25, 0.3) is 0 Å². The van der Waals surface area contributed by atoms with E-state index >= 15 is 0 Å². The lowest BCUT2D eigenvalue weighted by atomic mass is 10.0. The molecule has 4 heteroatoms. The Labute approximate surface area is 117 Å². The molecular weight excluding hydrogens is 255 g/mol. The van der Waals surface area contributed by atoms with E-state index in [2.05, 4.69) is 5.32 Å². The summed E-state index contributed by atoms with van der Waals surface area (Å²) in [5.41, 5.74) is 9.22. The lowest BCUT2D eigenvalue weighted by Gasteiger charge is -2.12. The summed E-state index contributed by atoms with van der Waals surface area (Å²) in [5, 5.41) is 3.01. The van der Waals surface area contributed by atoms with Gasteiger partial charge in [0, 0.05) is 12.1 Å². The van der Waals surface area contributed by atoms with E-state index in [9.17, 15) is 9.18 Å². The number of carbonyl (C=O) groups is 1. The third-order valence-corrected chi connectivity index (χ3v) is 3.44. The second-order valence-electron chi connectivity index (χ2n) is 4.77. The van der Waals surface area contributed by atoms with Gasteiger partial charge in [0.2, 0.25) is 5.91 Å². The van der Waals surface area contributed by atoms with Gasteiger partial charge in [-0.1, -0.05) is 18.2 Å². The summed E-state index contributed by atoms with van der Waals surface area (Å²) >= 11 is 0. The maximum atomic E-state index is 13.7. The largest absolute Gasteiger partial charge is 0.379 e. The summed E-state index contributed by atoms with van der Waals surface area (Å²) in [5.74, 6) is -0.972. The van der Waals surface area contributed by atoms with Crippen molar-refractivity contribution in [3.63, 3.8) is 0 Å². The molecule has 3 nitrogen and oxygen atoms in total. The minimum Gasteiger partial charge on any atom is -0.379 e. The van der Waals surface area contributed by atoms with E-state index in [1.165, 1.54) is 29.3 Å². The molecule has 0 unspecified atom stereocenters. The number of aryl methyl sites for hydroxylation is 1. The van der Waals surface area contributed by atoms with Crippen LogP contribution in [-0.2, 0) is 6.54 Å². The first-order chi connectivity index (χ1) is 9.49. The number of primary amides is 1. The number of rotatable bonds is 4. The zero-order chi connectivity index (χ0) is 14.7. The number of benzene rings is 2. The lowest BCUT2D eigenvalue weighted by Crippen LogP contribution is -2.12. The van der Waals surface area contributed by atoms with Crippen LogP contribution in [0, 0.1) is 19.7 Å². The smallest absolute Gasteiger partial charge is 0.248 e. The fourth-order valence-electron chi connectivity index (χ4n) is 2.01. The number of nitrogens with two attached hydrogens (primary N) is 1. The second kappa shape index (κ2) is 5.74. The third kappa shape index (κ3) is 2.96. The Hall–Kier alpha value is -2.36. The highest BCUT2D eigenvalue weighted by atomic mass is 19.1. The normalized spacial score (nSPS) is 10.3. The van der Waals surface area contributed by atoms with Gasteiger partial charge in [-0.3, -0.25) is 4.79 Å². The fraction of sp³-hybridized carbons (Fsp3) is 0.188.